The number of rotatable bonds is 2. The molecule has 0 radical (unpaired) electrons. The molecule has 1 aliphatic heterocycles. The van der Waals surface area contributed by atoms with Crippen molar-refractivity contribution in [2.75, 3.05) is 11.9 Å². The molecule has 0 unspecified atom stereocenters. The summed E-state index contributed by atoms with van der Waals surface area (Å²) in [6, 6.07) is 7.83. The molecule has 1 N–H and O–H groups in total. The van der Waals surface area contributed by atoms with Crippen LogP contribution in [0.1, 0.15) is 16.8 Å². The molecule has 1 aromatic heterocycles. The van der Waals surface area contributed by atoms with Gasteiger partial charge in [0.2, 0.25) is 5.88 Å². The molecule has 1 aliphatic rings. The minimum Gasteiger partial charge on any atom is -0.353 e. The third-order valence-corrected chi connectivity index (χ3v) is 3.21. The van der Waals surface area contributed by atoms with Gasteiger partial charge in [0.15, 0.2) is 0 Å². The summed E-state index contributed by atoms with van der Waals surface area (Å²) in [4.78, 5) is 0. The van der Waals surface area contributed by atoms with Crippen molar-refractivity contribution in [2.45, 2.75) is 12.8 Å². The molecule has 2 aromatic rings. The number of hydrogen-bond acceptors (Lipinski definition) is 3. The van der Waals surface area contributed by atoms with Crippen LogP contribution in [0.3, 0.4) is 0 Å². The summed E-state index contributed by atoms with van der Waals surface area (Å²) in [6.45, 7) is 0.937. The zero-order valence-corrected chi connectivity index (χ0v) is 9.42. The van der Waals surface area contributed by atoms with Gasteiger partial charge in [0, 0.05) is 23.6 Å². The van der Waals surface area contributed by atoms with E-state index < -0.39 is 0 Å². The average Bonchev–Trinajstić information content (AvgIpc) is 2.86. The number of hydrogen-bond donors (Lipinski definition) is 1. The van der Waals surface area contributed by atoms with Crippen LogP contribution in [0.15, 0.2) is 28.8 Å². The van der Waals surface area contributed by atoms with Crippen molar-refractivity contribution in [2.24, 2.45) is 0 Å². The van der Waals surface area contributed by atoms with Crippen LogP contribution in [0.4, 0.5) is 5.88 Å². The molecule has 4 heteroatoms. The van der Waals surface area contributed by atoms with Gasteiger partial charge in [0.1, 0.15) is 0 Å². The molecule has 1 aromatic carbocycles. The molecule has 2 heterocycles. The molecule has 0 fully saturated rings. The van der Waals surface area contributed by atoms with E-state index in [2.05, 4.69) is 10.5 Å². The van der Waals surface area contributed by atoms with Gasteiger partial charge in [0.25, 0.3) is 0 Å². The predicted molar refractivity (Wildman–Crippen MR) is 63.0 cm³/mol. The number of benzene rings is 1. The molecule has 0 saturated heterocycles. The van der Waals surface area contributed by atoms with Crippen molar-refractivity contribution in [1.29, 1.82) is 0 Å². The van der Waals surface area contributed by atoms with Gasteiger partial charge in [-0.1, -0.05) is 35.0 Å². The van der Waals surface area contributed by atoms with Crippen LogP contribution in [0.2, 0.25) is 5.02 Å². The van der Waals surface area contributed by atoms with Crippen molar-refractivity contribution >= 4 is 17.5 Å². The second kappa shape index (κ2) is 3.83. The van der Waals surface area contributed by atoms with Crippen molar-refractivity contribution in [3.63, 3.8) is 0 Å². The smallest absolute Gasteiger partial charge is 0.228 e. The normalized spacial score (nSPS) is 13.6. The summed E-state index contributed by atoms with van der Waals surface area (Å²) in [7, 11) is 0. The first-order chi connectivity index (χ1) is 7.84. The second-order valence-electron chi connectivity index (χ2n) is 3.88. The third kappa shape index (κ3) is 1.57. The van der Waals surface area contributed by atoms with Crippen molar-refractivity contribution in [3.8, 4) is 0 Å². The standard InChI is InChI=1S/C12H11ClN2O/c13-10-4-2-1-3-8(10)7-11-9-5-6-14-12(9)16-15-11/h1-4,14H,5-7H2. The first kappa shape index (κ1) is 9.73. The van der Waals surface area contributed by atoms with Crippen LogP contribution in [0.25, 0.3) is 0 Å². The highest BCUT2D eigenvalue weighted by molar-refractivity contribution is 6.31. The maximum Gasteiger partial charge on any atom is 0.228 e. The SMILES string of the molecule is Clc1ccccc1Cc1noc2c1CCN2. The van der Waals surface area contributed by atoms with Crippen molar-refractivity contribution in [3.05, 3.63) is 46.1 Å². The van der Waals surface area contributed by atoms with Crippen LogP contribution >= 0.6 is 11.6 Å². The second-order valence-corrected chi connectivity index (χ2v) is 4.29. The number of fused-ring (bicyclic) bond motifs is 1. The molecule has 0 spiro atoms. The van der Waals surface area contributed by atoms with Crippen molar-refractivity contribution in [1.82, 2.24) is 5.16 Å². The summed E-state index contributed by atoms with van der Waals surface area (Å²) in [5.41, 5.74) is 3.28. The molecule has 0 saturated carbocycles. The van der Waals surface area contributed by atoms with Gasteiger partial charge >= 0.3 is 0 Å². The number of nitrogens with one attached hydrogen (secondary N) is 1. The molecule has 0 bridgehead atoms. The van der Waals surface area contributed by atoms with Crippen LogP contribution in [-0.4, -0.2) is 11.7 Å². The van der Waals surface area contributed by atoms with Gasteiger partial charge in [-0.2, -0.15) is 0 Å². The van der Waals surface area contributed by atoms with Gasteiger partial charge in [0.05, 0.1) is 5.69 Å². The Kier molecular flexibility index (Phi) is 2.33. The minimum absolute atomic E-state index is 0.736. The monoisotopic (exact) mass is 234 g/mol. The van der Waals surface area contributed by atoms with E-state index in [1.54, 1.807) is 0 Å². The Labute approximate surface area is 98.4 Å². The van der Waals surface area contributed by atoms with E-state index in [1.807, 2.05) is 24.3 Å². The summed E-state index contributed by atoms with van der Waals surface area (Å²) < 4.78 is 5.21. The van der Waals surface area contributed by atoms with Gasteiger partial charge in [-0.3, -0.25) is 0 Å². The lowest BCUT2D eigenvalue weighted by molar-refractivity contribution is 0.426. The maximum atomic E-state index is 6.12. The molecule has 82 valence electrons. The van der Waals surface area contributed by atoms with E-state index >= 15 is 0 Å². The fourth-order valence-corrected chi connectivity index (χ4v) is 2.20. The molecule has 0 amide bonds. The van der Waals surface area contributed by atoms with E-state index in [-0.39, 0.29) is 0 Å². The third-order valence-electron chi connectivity index (χ3n) is 2.85. The highest BCUT2D eigenvalue weighted by atomic mass is 35.5. The molecule has 3 nitrogen and oxygen atoms in total. The highest BCUT2D eigenvalue weighted by Crippen LogP contribution is 2.28. The predicted octanol–water partition coefficient (Wildman–Crippen LogP) is 2.89. The largest absolute Gasteiger partial charge is 0.353 e. The summed E-state index contributed by atoms with van der Waals surface area (Å²) >= 11 is 6.12. The van der Waals surface area contributed by atoms with E-state index in [9.17, 15) is 0 Å². The molecule has 16 heavy (non-hydrogen) atoms. The van der Waals surface area contributed by atoms with Gasteiger partial charge in [-0.15, -0.1) is 0 Å². The van der Waals surface area contributed by atoms with E-state index in [0.717, 1.165) is 41.6 Å². The first-order valence-corrected chi connectivity index (χ1v) is 5.67. The van der Waals surface area contributed by atoms with E-state index in [0.29, 0.717) is 0 Å². The Balaban J connectivity index is 1.92. The maximum absolute atomic E-state index is 6.12. The highest BCUT2D eigenvalue weighted by Gasteiger charge is 2.20. The number of nitrogens with zero attached hydrogens (tertiary/aromatic N) is 1. The Morgan fingerprint density at radius 2 is 2.25 bits per heavy atom. The first-order valence-electron chi connectivity index (χ1n) is 5.29. The lowest BCUT2D eigenvalue weighted by Crippen LogP contribution is -1.96. The Morgan fingerprint density at radius 1 is 1.38 bits per heavy atom. The van der Waals surface area contributed by atoms with Crippen molar-refractivity contribution < 1.29 is 4.52 Å². The number of anilines is 1. The fourth-order valence-electron chi connectivity index (χ4n) is 2.00. The quantitative estimate of drug-likeness (QED) is 0.868. The summed E-state index contributed by atoms with van der Waals surface area (Å²) in [5.74, 6) is 0.821. The lowest BCUT2D eigenvalue weighted by Gasteiger charge is -2.01. The average molecular weight is 235 g/mol. The van der Waals surface area contributed by atoms with Crippen LogP contribution < -0.4 is 5.32 Å². The van der Waals surface area contributed by atoms with Gasteiger partial charge in [-0.05, 0) is 18.1 Å². The Bertz CT molecular complexity index is 521. The summed E-state index contributed by atoms with van der Waals surface area (Å²) in [6.07, 6.45) is 1.72. The minimum atomic E-state index is 0.736. The zero-order valence-electron chi connectivity index (χ0n) is 8.66. The fraction of sp³-hybridized carbons (Fsp3) is 0.250. The van der Waals surface area contributed by atoms with Crippen LogP contribution in [0.5, 0.6) is 0 Å². The molecule has 3 rings (SSSR count). The van der Waals surface area contributed by atoms with E-state index in [4.69, 9.17) is 16.1 Å². The van der Waals surface area contributed by atoms with E-state index in [1.165, 1.54) is 5.56 Å². The molecule has 0 atom stereocenters. The van der Waals surface area contributed by atoms with Gasteiger partial charge in [-0.25, -0.2) is 0 Å². The Hall–Kier alpha value is -1.48. The number of halogens is 1. The number of aromatic nitrogens is 1. The molecule has 0 aliphatic carbocycles. The Morgan fingerprint density at radius 3 is 3.12 bits per heavy atom. The lowest BCUT2D eigenvalue weighted by atomic mass is 10.1. The van der Waals surface area contributed by atoms with Crippen LogP contribution in [0, 0.1) is 0 Å². The molecular formula is C12H11ClN2O. The zero-order chi connectivity index (χ0) is 11.0. The summed E-state index contributed by atoms with van der Waals surface area (Å²) in [5, 5.41) is 8.02. The van der Waals surface area contributed by atoms with Crippen LogP contribution in [-0.2, 0) is 12.8 Å². The van der Waals surface area contributed by atoms with Gasteiger partial charge < -0.3 is 9.84 Å². The topological polar surface area (TPSA) is 38.1 Å². The molecular weight excluding hydrogens is 224 g/mol.